The molecule has 2 aromatic rings. The van der Waals surface area contributed by atoms with Crippen molar-refractivity contribution in [2.24, 2.45) is 0 Å². The molecule has 2 nitrogen and oxygen atoms in total. The van der Waals surface area contributed by atoms with Crippen molar-refractivity contribution in [2.45, 2.75) is 24.2 Å². The molecular weight excluding hydrogens is 363 g/mol. The summed E-state index contributed by atoms with van der Waals surface area (Å²) in [7, 11) is 0. The van der Waals surface area contributed by atoms with Crippen molar-refractivity contribution in [3.63, 3.8) is 0 Å². The van der Waals surface area contributed by atoms with Gasteiger partial charge in [0.25, 0.3) is 0 Å². The number of halogens is 1. The van der Waals surface area contributed by atoms with Crippen LogP contribution in [0.15, 0.2) is 60.7 Å². The van der Waals surface area contributed by atoms with Gasteiger partial charge in [0.05, 0.1) is 6.10 Å². The van der Waals surface area contributed by atoms with Crippen molar-refractivity contribution in [1.29, 1.82) is 0 Å². The zero-order valence-electron chi connectivity index (χ0n) is 11.1. The summed E-state index contributed by atoms with van der Waals surface area (Å²) >= 11 is 2.32. The van der Waals surface area contributed by atoms with Crippen LogP contribution < -0.4 is 0 Å². The fraction of sp³-hybridized carbons (Fsp3) is 0.294. The summed E-state index contributed by atoms with van der Waals surface area (Å²) in [5, 5.41) is 11.2. The maximum atomic E-state index is 11.2. The molecule has 3 atom stereocenters. The Labute approximate surface area is 132 Å². The third-order valence-corrected chi connectivity index (χ3v) is 4.83. The molecule has 1 N–H and O–H groups in total. The van der Waals surface area contributed by atoms with E-state index in [1.165, 1.54) is 0 Å². The molecule has 0 radical (unpaired) electrons. The SMILES string of the molecule is O[C@]1(c2ccccc2)C[C@@H](CI)O[C@@H]1c1ccccc1. The summed E-state index contributed by atoms with van der Waals surface area (Å²) in [5.74, 6) is 0. The summed E-state index contributed by atoms with van der Waals surface area (Å²) in [6.07, 6.45) is 0.427. The van der Waals surface area contributed by atoms with Crippen LogP contribution in [0.4, 0.5) is 0 Å². The Balaban J connectivity index is 2.02. The van der Waals surface area contributed by atoms with Gasteiger partial charge in [0.1, 0.15) is 11.7 Å². The fourth-order valence-corrected chi connectivity index (χ4v) is 3.40. The molecule has 0 aromatic heterocycles. The normalized spacial score (nSPS) is 29.5. The van der Waals surface area contributed by atoms with Crippen molar-refractivity contribution in [1.82, 2.24) is 0 Å². The highest BCUT2D eigenvalue weighted by molar-refractivity contribution is 14.1. The van der Waals surface area contributed by atoms with Gasteiger partial charge >= 0.3 is 0 Å². The summed E-state index contributed by atoms with van der Waals surface area (Å²) in [5.41, 5.74) is 1.02. The second-order valence-electron chi connectivity index (χ2n) is 5.20. The van der Waals surface area contributed by atoms with Gasteiger partial charge in [-0.3, -0.25) is 0 Å². The number of rotatable bonds is 3. The van der Waals surface area contributed by atoms with E-state index in [0.29, 0.717) is 6.42 Å². The van der Waals surface area contributed by atoms with E-state index in [-0.39, 0.29) is 12.2 Å². The third kappa shape index (κ3) is 2.50. The number of aliphatic hydroxyl groups is 1. The molecule has 1 aliphatic rings. The Morgan fingerprint density at radius 2 is 1.65 bits per heavy atom. The molecule has 1 aliphatic heterocycles. The van der Waals surface area contributed by atoms with E-state index < -0.39 is 5.60 Å². The highest BCUT2D eigenvalue weighted by Gasteiger charge is 2.48. The molecule has 1 fully saturated rings. The molecule has 104 valence electrons. The van der Waals surface area contributed by atoms with Crippen molar-refractivity contribution < 1.29 is 9.84 Å². The molecule has 0 saturated carbocycles. The maximum absolute atomic E-state index is 11.2. The summed E-state index contributed by atoms with van der Waals surface area (Å²) in [6.45, 7) is 0. The first-order valence-corrected chi connectivity index (χ1v) is 8.31. The van der Waals surface area contributed by atoms with Gasteiger partial charge in [0, 0.05) is 10.8 Å². The Bertz CT molecular complexity index is 558. The summed E-state index contributed by atoms with van der Waals surface area (Å²) < 4.78 is 6.99. The Kier molecular flexibility index (Phi) is 4.10. The highest BCUT2D eigenvalue weighted by Crippen LogP contribution is 2.48. The lowest BCUT2D eigenvalue weighted by Gasteiger charge is -2.29. The van der Waals surface area contributed by atoms with E-state index in [4.69, 9.17) is 4.74 Å². The van der Waals surface area contributed by atoms with Crippen LogP contribution in [-0.4, -0.2) is 15.6 Å². The molecule has 3 heteroatoms. The van der Waals surface area contributed by atoms with E-state index in [2.05, 4.69) is 22.6 Å². The van der Waals surface area contributed by atoms with Gasteiger partial charge in [-0.2, -0.15) is 0 Å². The molecule has 0 amide bonds. The molecule has 0 unspecified atom stereocenters. The fourth-order valence-electron chi connectivity index (χ4n) is 2.88. The first kappa shape index (κ1) is 14.0. The van der Waals surface area contributed by atoms with Crippen LogP contribution in [0.25, 0.3) is 0 Å². The lowest BCUT2D eigenvalue weighted by atomic mass is 9.83. The van der Waals surface area contributed by atoms with Crippen molar-refractivity contribution in [3.8, 4) is 0 Å². The van der Waals surface area contributed by atoms with Gasteiger partial charge < -0.3 is 9.84 Å². The van der Waals surface area contributed by atoms with Crippen molar-refractivity contribution in [2.75, 3.05) is 4.43 Å². The number of hydrogen-bond donors (Lipinski definition) is 1. The van der Waals surface area contributed by atoms with E-state index in [1.807, 2.05) is 60.7 Å². The Morgan fingerprint density at radius 3 is 2.25 bits per heavy atom. The predicted molar refractivity (Wildman–Crippen MR) is 87.9 cm³/mol. The van der Waals surface area contributed by atoms with Crippen LogP contribution in [0.1, 0.15) is 23.7 Å². The third-order valence-electron chi connectivity index (χ3n) is 3.85. The summed E-state index contributed by atoms with van der Waals surface area (Å²) in [6, 6.07) is 19.9. The second-order valence-corrected chi connectivity index (χ2v) is 6.08. The molecule has 0 spiro atoms. The van der Waals surface area contributed by atoms with Gasteiger partial charge in [0.15, 0.2) is 0 Å². The van der Waals surface area contributed by atoms with E-state index in [1.54, 1.807) is 0 Å². The maximum Gasteiger partial charge on any atom is 0.122 e. The highest BCUT2D eigenvalue weighted by atomic mass is 127. The van der Waals surface area contributed by atoms with Crippen LogP contribution in [0.5, 0.6) is 0 Å². The molecule has 3 rings (SSSR count). The quantitative estimate of drug-likeness (QED) is 0.648. The lowest BCUT2D eigenvalue weighted by molar-refractivity contribution is -0.0512. The molecular formula is C17H17IO2. The van der Waals surface area contributed by atoms with Gasteiger partial charge in [-0.05, 0) is 11.1 Å². The molecule has 2 aromatic carbocycles. The van der Waals surface area contributed by atoms with Gasteiger partial charge in [-0.25, -0.2) is 0 Å². The standard InChI is InChI=1S/C17H17IO2/c18-12-15-11-17(19,14-9-5-2-6-10-14)16(20-15)13-7-3-1-4-8-13/h1-10,15-16,19H,11-12H2/t15-,16+,17-/m0/s1. The molecule has 1 heterocycles. The molecule has 1 saturated heterocycles. The van der Waals surface area contributed by atoms with Crippen molar-refractivity contribution >= 4 is 22.6 Å². The molecule has 0 aliphatic carbocycles. The number of benzene rings is 2. The Morgan fingerprint density at radius 1 is 1.05 bits per heavy atom. The first-order chi connectivity index (χ1) is 9.74. The number of ether oxygens (including phenoxy) is 1. The Hall–Kier alpha value is -0.910. The zero-order chi connectivity index (χ0) is 14.0. The second kappa shape index (κ2) is 5.84. The minimum absolute atomic E-state index is 0.0889. The largest absolute Gasteiger partial charge is 0.382 e. The zero-order valence-corrected chi connectivity index (χ0v) is 13.2. The van der Waals surface area contributed by atoms with Gasteiger partial charge in [-0.1, -0.05) is 83.3 Å². The average Bonchev–Trinajstić information content (AvgIpc) is 2.87. The van der Waals surface area contributed by atoms with Crippen molar-refractivity contribution in [3.05, 3.63) is 71.8 Å². The molecule has 20 heavy (non-hydrogen) atoms. The first-order valence-electron chi connectivity index (χ1n) is 6.78. The van der Waals surface area contributed by atoms with Crippen LogP contribution in [0, 0.1) is 0 Å². The monoisotopic (exact) mass is 380 g/mol. The predicted octanol–water partition coefficient (Wildman–Crippen LogP) is 3.84. The van der Waals surface area contributed by atoms with Crippen LogP contribution in [0.2, 0.25) is 0 Å². The average molecular weight is 380 g/mol. The van der Waals surface area contributed by atoms with Crippen LogP contribution in [-0.2, 0) is 10.3 Å². The summed E-state index contributed by atoms with van der Waals surface area (Å²) in [4.78, 5) is 0. The van der Waals surface area contributed by atoms with E-state index in [0.717, 1.165) is 15.6 Å². The minimum atomic E-state index is -0.946. The smallest absolute Gasteiger partial charge is 0.122 e. The minimum Gasteiger partial charge on any atom is -0.382 e. The van der Waals surface area contributed by atoms with E-state index in [9.17, 15) is 5.11 Å². The van der Waals surface area contributed by atoms with Gasteiger partial charge in [-0.15, -0.1) is 0 Å². The van der Waals surface area contributed by atoms with Gasteiger partial charge in [0.2, 0.25) is 0 Å². The number of alkyl halides is 1. The number of hydrogen-bond acceptors (Lipinski definition) is 2. The molecule has 0 bridgehead atoms. The topological polar surface area (TPSA) is 29.5 Å². The van der Waals surface area contributed by atoms with Crippen LogP contribution >= 0.6 is 22.6 Å². The van der Waals surface area contributed by atoms with E-state index >= 15 is 0 Å². The van der Waals surface area contributed by atoms with Crippen LogP contribution in [0.3, 0.4) is 0 Å². The lowest BCUT2D eigenvalue weighted by Crippen LogP contribution is -2.29.